The van der Waals surface area contributed by atoms with Crippen LogP contribution in [0.3, 0.4) is 0 Å². The lowest BCUT2D eigenvalue weighted by atomic mass is 10.0. The fourth-order valence-electron chi connectivity index (χ4n) is 11.4. The summed E-state index contributed by atoms with van der Waals surface area (Å²) < 4.78 is 22.8. The lowest BCUT2D eigenvalue weighted by Crippen LogP contribution is -2.44. The Morgan fingerprint density at radius 1 is 0.349 bits per heavy atom. The number of carboxylic acid groups (broad SMARTS) is 1. The number of hydrogen-bond donors (Lipinski definition) is 0. The number of rotatable bonds is 70. The Kier molecular flexibility index (Phi) is 64.4. The first-order chi connectivity index (χ1) is 40.6. The Balaban J connectivity index is 4.01. The largest absolute Gasteiger partial charge is 0.545 e. The van der Waals surface area contributed by atoms with Gasteiger partial charge in [0.25, 0.3) is 0 Å². The molecule has 0 aromatic rings. The Hall–Kier alpha value is -1.97. The van der Waals surface area contributed by atoms with Crippen molar-refractivity contribution in [2.75, 3.05) is 47.5 Å². The SMILES string of the molecule is CCCCCCCCCC/C=C\CCCCCCCCCCCCCCCCCCCCCCCC(=O)OC(COC(=O)CCCCCCCCCCCCCCCCCCCCCCCCCCC)COC(OCC[N+](C)(C)C)C(=O)[O-]. The molecule has 0 aliphatic rings. The first kappa shape index (κ1) is 81.0. The summed E-state index contributed by atoms with van der Waals surface area (Å²) in [6.45, 7) is 4.84. The van der Waals surface area contributed by atoms with Gasteiger partial charge in [0.2, 0.25) is 0 Å². The maximum absolute atomic E-state index is 12.9. The first-order valence-corrected chi connectivity index (χ1v) is 36.8. The van der Waals surface area contributed by atoms with E-state index in [0.29, 0.717) is 17.4 Å². The van der Waals surface area contributed by atoms with Gasteiger partial charge in [-0.05, 0) is 38.5 Å². The molecule has 0 aromatic heterocycles. The molecule has 0 aromatic carbocycles. The van der Waals surface area contributed by atoms with E-state index >= 15 is 0 Å². The minimum Gasteiger partial charge on any atom is -0.545 e. The topological polar surface area (TPSA) is 111 Å². The van der Waals surface area contributed by atoms with Gasteiger partial charge in [0, 0.05) is 12.8 Å². The molecule has 0 heterocycles. The third-order valence-corrected chi connectivity index (χ3v) is 17.0. The normalized spacial score (nSPS) is 12.6. The van der Waals surface area contributed by atoms with Gasteiger partial charge < -0.3 is 33.3 Å². The molecule has 83 heavy (non-hydrogen) atoms. The maximum atomic E-state index is 12.9. The predicted molar refractivity (Wildman–Crippen MR) is 353 cm³/mol. The van der Waals surface area contributed by atoms with Crippen molar-refractivity contribution < 1.29 is 42.9 Å². The summed E-state index contributed by atoms with van der Waals surface area (Å²) in [7, 11) is 5.95. The van der Waals surface area contributed by atoms with E-state index in [1.54, 1.807) is 0 Å². The quantitative estimate of drug-likeness (QED) is 0.0195. The monoisotopic (exact) mass is 1170 g/mol. The van der Waals surface area contributed by atoms with Crippen molar-refractivity contribution in [2.45, 2.75) is 399 Å². The number of hydrogen-bond acceptors (Lipinski definition) is 8. The second kappa shape index (κ2) is 66.0. The van der Waals surface area contributed by atoms with E-state index in [2.05, 4.69) is 26.0 Å². The number of esters is 2. The van der Waals surface area contributed by atoms with Gasteiger partial charge in [-0.25, -0.2) is 0 Å². The van der Waals surface area contributed by atoms with Gasteiger partial charge in [-0.1, -0.05) is 347 Å². The van der Waals surface area contributed by atoms with Crippen LogP contribution in [0.1, 0.15) is 386 Å². The lowest BCUT2D eigenvalue weighted by molar-refractivity contribution is -0.870. The zero-order valence-corrected chi connectivity index (χ0v) is 56.4. The third-order valence-electron chi connectivity index (χ3n) is 17.0. The van der Waals surface area contributed by atoms with Crippen molar-refractivity contribution in [2.24, 2.45) is 0 Å². The van der Waals surface area contributed by atoms with Crippen LogP contribution in [0.4, 0.5) is 0 Å². The molecule has 492 valence electrons. The lowest BCUT2D eigenvalue weighted by Gasteiger charge is -2.26. The molecule has 0 rings (SSSR count). The fraction of sp³-hybridized carbons (Fsp3) is 0.932. The number of quaternary nitrogens is 1. The van der Waals surface area contributed by atoms with E-state index in [1.165, 1.54) is 321 Å². The number of carboxylic acids is 1. The van der Waals surface area contributed by atoms with Crippen molar-refractivity contribution >= 4 is 17.9 Å². The molecular weight excluding hydrogens is 1030 g/mol. The van der Waals surface area contributed by atoms with Crippen LogP contribution in [0.15, 0.2) is 12.2 Å². The standard InChI is InChI=1S/C74H143NO8/c1-6-8-10-12-14-16-18-20-22-24-26-28-30-32-33-34-35-36-37-38-39-41-43-45-47-49-51-53-55-57-59-61-63-65-72(77)83-70(69-82-74(73(78)79)80-67-66-75(3,4)5)68-81-71(76)64-62-60-58-56-54-52-50-48-46-44-42-40-31-29-27-25-23-21-19-17-15-13-11-9-7-2/h24,26,70,74H,6-23,25,27-69H2,1-5H3/b26-24-. The zero-order valence-electron chi connectivity index (χ0n) is 56.4. The summed E-state index contributed by atoms with van der Waals surface area (Å²) in [5.74, 6) is -2.24. The molecule has 2 unspecified atom stereocenters. The maximum Gasteiger partial charge on any atom is 0.306 e. The van der Waals surface area contributed by atoms with Gasteiger partial charge in [-0.3, -0.25) is 9.59 Å². The van der Waals surface area contributed by atoms with Crippen LogP contribution < -0.4 is 5.11 Å². The molecule has 0 aliphatic heterocycles. The van der Waals surface area contributed by atoms with Gasteiger partial charge in [0.15, 0.2) is 12.4 Å². The average Bonchev–Trinajstić information content (AvgIpc) is 3.46. The molecule has 0 N–H and O–H groups in total. The number of carbonyl (C=O) groups is 3. The minimum atomic E-state index is -1.62. The van der Waals surface area contributed by atoms with Crippen LogP contribution in [0, 0.1) is 0 Å². The van der Waals surface area contributed by atoms with Gasteiger partial charge in [0.05, 0.1) is 40.3 Å². The van der Waals surface area contributed by atoms with Crippen LogP contribution in [0.25, 0.3) is 0 Å². The number of allylic oxidation sites excluding steroid dienone is 2. The first-order valence-electron chi connectivity index (χ1n) is 36.8. The van der Waals surface area contributed by atoms with Crippen molar-refractivity contribution in [1.82, 2.24) is 0 Å². The molecule has 9 nitrogen and oxygen atoms in total. The number of unbranched alkanes of at least 4 members (excludes halogenated alkanes) is 53. The zero-order chi connectivity index (χ0) is 60.5. The molecular formula is C74H143NO8. The summed E-state index contributed by atoms with van der Waals surface area (Å²) >= 11 is 0. The molecule has 0 radical (unpaired) electrons. The second-order valence-corrected chi connectivity index (χ2v) is 26.6. The van der Waals surface area contributed by atoms with E-state index in [4.69, 9.17) is 18.9 Å². The highest BCUT2D eigenvalue weighted by Gasteiger charge is 2.22. The molecule has 0 fully saturated rings. The highest BCUT2D eigenvalue weighted by atomic mass is 16.7. The number of carbonyl (C=O) groups excluding carboxylic acids is 3. The Morgan fingerprint density at radius 3 is 0.892 bits per heavy atom. The van der Waals surface area contributed by atoms with Crippen molar-refractivity contribution in [3.05, 3.63) is 12.2 Å². The molecule has 0 aliphatic carbocycles. The van der Waals surface area contributed by atoms with E-state index in [1.807, 2.05) is 21.1 Å². The highest BCUT2D eigenvalue weighted by molar-refractivity contribution is 5.70. The highest BCUT2D eigenvalue weighted by Crippen LogP contribution is 2.19. The van der Waals surface area contributed by atoms with Crippen LogP contribution in [-0.2, 0) is 33.3 Å². The predicted octanol–water partition coefficient (Wildman–Crippen LogP) is 21.5. The van der Waals surface area contributed by atoms with Crippen molar-refractivity contribution in [1.29, 1.82) is 0 Å². The van der Waals surface area contributed by atoms with E-state index in [9.17, 15) is 19.5 Å². The molecule has 0 bridgehead atoms. The van der Waals surface area contributed by atoms with E-state index < -0.39 is 24.3 Å². The average molecular weight is 1170 g/mol. The van der Waals surface area contributed by atoms with Gasteiger partial charge in [0.1, 0.15) is 13.2 Å². The van der Waals surface area contributed by atoms with Gasteiger partial charge in [-0.15, -0.1) is 0 Å². The third kappa shape index (κ3) is 67.4. The Morgan fingerprint density at radius 2 is 0.614 bits per heavy atom. The van der Waals surface area contributed by atoms with Gasteiger partial charge in [-0.2, -0.15) is 0 Å². The molecule has 2 atom stereocenters. The van der Waals surface area contributed by atoms with Crippen molar-refractivity contribution in [3.8, 4) is 0 Å². The summed E-state index contributed by atoms with van der Waals surface area (Å²) in [5.41, 5.74) is 0. The van der Waals surface area contributed by atoms with Crippen molar-refractivity contribution in [3.63, 3.8) is 0 Å². The number of likely N-dealkylation sites (N-methyl/N-ethyl adjacent to an activating group) is 1. The van der Waals surface area contributed by atoms with Crippen LogP contribution in [0.2, 0.25) is 0 Å². The van der Waals surface area contributed by atoms with E-state index in [-0.39, 0.29) is 32.2 Å². The summed E-state index contributed by atoms with van der Waals surface area (Å²) in [4.78, 5) is 37.5. The summed E-state index contributed by atoms with van der Waals surface area (Å²) in [5, 5.41) is 11.8. The molecule has 0 spiro atoms. The Bertz CT molecular complexity index is 1370. The van der Waals surface area contributed by atoms with Crippen LogP contribution >= 0.6 is 0 Å². The molecule has 9 heteroatoms. The van der Waals surface area contributed by atoms with Crippen LogP contribution in [0.5, 0.6) is 0 Å². The Labute approximate surface area is 516 Å². The summed E-state index contributed by atoms with van der Waals surface area (Å²) in [6, 6.07) is 0. The second-order valence-electron chi connectivity index (χ2n) is 26.6. The number of nitrogens with zero attached hydrogens (tertiary/aromatic N) is 1. The number of ether oxygens (including phenoxy) is 4. The molecule has 0 saturated heterocycles. The molecule has 0 saturated carbocycles. The smallest absolute Gasteiger partial charge is 0.306 e. The molecule has 0 amide bonds. The number of aliphatic carboxylic acids is 1. The van der Waals surface area contributed by atoms with Crippen LogP contribution in [-0.4, -0.2) is 82.3 Å². The fourth-order valence-corrected chi connectivity index (χ4v) is 11.4. The summed E-state index contributed by atoms with van der Waals surface area (Å²) in [6.07, 6.45) is 77.4. The van der Waals surface area contributed by atoms with Gasteiger partial charge >= 0.3 is 11.9 Å². The minimum absolute atomic E-state index is 0.153. The van der Waals surface area contributed by atoms with E-state index in [0.717, 1.165) is 38.5 Å².